The number of carbonyl (C=O) groups is 1. The molecule has 1 aliphatic heterocycles. The Hall–Kier alpha value is -3.00. The summed E-state index contributed by atoms with van der Waals surface area (Å²) in [4.78, 5) is 22.3. The predicted molar refractivity (Wildman–Crippen MR) is 107 cm³/mol. The fourth-order valence-electron chi connectivity index (χ4n) is 2.54. The second kappa shape index (κ2) is 8.59. The zero-order chi connectivity index (χ0) is 19.2. The Bertz CT molecular complexity index is 892. The van der Waals surface area contributed by atoms with E-state index < -0.39 is 4.92 Å². The van der Waals surface area contributed by atoms with Gasteiger partial charge in [0.05, 0.1) is 16.4 Å². The smallest absolute Gasteiger partial charge is 0.269 e. The number of amidine groups is 1. The molecule has 1 heterocycles. The number of hydrogen-bond acceptors (Lipinski definition) is 6. The summed E-state index contributed by atoms with van der Waals surface area (Å²) in [5, 5.41) is 21.6. The van der Waals surface area contributed by atoms with Gasteiger partial charge in [-0.05, 0) is 41.7 Å². The van der Waals surface area contributed by atoms with Crippen LogP contribution < -0.4 is 5.32 Å². The van der Waals surface area contributed by atoms with E-state index in [1.807, 2.05) is 0 Å². The Kier molecular flexibility index (Phi) is 5.97. The molecule has 27 heavy (non-hydrogen) atoms. The van der Waals surface area contributed by atoms with Gasteiger partial charge in [0.25, 0.3) is 5.69 Å². The Morgan fingerprint density at radius 1 is 1.15 bits per heavy atom. The van der Waals surface area contributed by atoms with Gasteiger partial charge in [0.1, 0.15) is 0 Å². The maximum absolute atomic E-state index is 12.1. The van der Waals surface area contributed by atoms with Crippen LogP contribution in [0.2, 0.25) is 0 Å². The Morgan fingerprint density at radius 3 is 2.44 bits per heavy atom. The normalized spacial score (nSPS) is 18.2. The molecule has 2 aromatic rings. The second-order valence-corrected chi connectivity index (χ2v) is 7.16. The second-order valence-electron chi connectivity index (χ2n) is 5.97. The summed E-state index contributed by atoms with van der Waals surface area (Å²) in [6, 6.07) is 14.2. The predicted octanol–water partition coefficient (Wildman–Crippen LogP) is 3.32. The Balaban J connectivity index is 1.59. The van der Waals surface area contributed by atoms with E-state index >= 15 is 0 Å². The minimum atomic E-state index is -0.457. The van der Waals surface area contributed by atoms with Crippen LogP contribution in [0.3, 0.4) is 0 Å². The molecule has 0 radical (unpaired) electrons. The zero-order valence-electron chi connectivity index (χ0n) is 14.7. The molecule has 1 amide bonds. The van der Waals surface area contributed by atoms with Crippen molar-refractivity contribution < 1.29 is 9.72 Å². The summed E-state index contributed by atoms with van der Waals surface area (Å²) >= 11 is 1.35. The van der Waals surface area contributed by atoms with Gasteiger partial charge in [-0.15, -0.1) is 5.10 Å². The van der Waals surface area contributed by atoms with E-state index in [1.54, 1.807) is 12.1 Å². The molecule has 1 aliphatic rings. The number of amides is 1. The van der Waals surface area contributed by atoms with Crippen molar-refractivity contribution in [1.82, 2.24) is 5.32 Å². The SMILES string of the molecule is CCc1ccc(C[C@@H]2SC(=N/N=C\c3ccc([N+](=O)[O-])cc3)NC2=O)cc1. The molecule has 1 saturated heterocycles. The lowest BCUT2D eigenvalue weighted by atomic mass is 10.1. The largest absolute Gasteiger partial charge is 0.303 e. The minimum Gasteiger partial charge on any atom is -0.303 e. The standard InChI is InChI=1S/C19H18N4O3S/c1-2-13-3-5-14(6-4-13)11-17-18(24)21-19(27-17)22-20-12-15-7-9-16(10-8-15)23(25)26/h3-10,12,17H,2,11H2,1H3,(H,21,22,24)/b20-12-/t17-/m0/s1. The van der Waals surface area contributed by atoms with Crippen molar-refractivity contribution in [3.05, 3.63) is 75.3 Å². The molecule has 1 N–H and O–H groups in total. The highest BCUT2D eigenvalue weighted by molar-refractivity contribution is 8.15. The molecule has 7 nitrogen and oxygen atoms in total. The highest BCUT2D eigenvalue weighted by Crippen LogP contribution is 2.23. The number of nitro groups is 1. The molecule has 1 atom stereocenters. The summed E-state index contributed by atoms with van der Waals surface area (Å²) in [5.74, 6) is -0.0798. The molecule has 0 unspecified atom stereocenters. The van der Waals surface area contributed by atoms with E-state index in [1.165, 1.54) is 35.7 Å². The Morgan fingerprint density at radius 2 is 1.81 bits per heavy atom. The maximum atomic E-state index is 12.1. The number of hydrogen-bond donors (Lipinski definition) is 1. The quantitative estimate of drug-likeness (QED) is 0.471. The highest BCUT2D eigenvalue weighted by atomic mass is 32.2. The molecule has 0 aliphatic carbocycles. The van der Waals surface area contributed by atoms with Crippen LogP contribution in [-0.2, 0) is 17.6 Å². The molecule has 3 rings (SSSR count). The summed E-state index contributed by atoms with van der Waals surface area (Å²) < 4.78 is 0. The molecular weight excluding hydrogens is 364 g/mol. The van der Waals surface area contributed by atoms with Crippen LogP contribution in [0.25, 0.3) is 0 Å². The molecule has 2 aromatic carbocycles. The van der Waals surface area contributed by atoms with Crippen LogP contribution in [0.5, 0.6) is 0 Å². The molecule has 138 valence electrons. The highest BCUT2D eigenvalue weighted by Gasteiger charge is 2.30. The van der Waals surface area contributed by atoms with Crippen molar-refractivity contribution >= 4 is 34.7 Å². The van der Waals surface area contributed by atoms with Crippen molar-refractivity contribution in [3.63, 3.8) is 0 Å². The fourth-order valence-corrected chi connectivity index (χ4v) is 3.51. The number of nitrogens with one attached hydrogen (secondary N) is 1. The van der Waals surface area contributed by atoms with Crippen molar-refractivity contribution in [1.29, 1.82) is 0 Å². The monoisotopic (exact) mass is 382 g/mol. The number of carbonyl (C=O) groups excluding carboxylic acids is 1. The van der Waals surface area contributed by atoms with Crippen LogP contribution >= 0.6 is 11.8 Å². The van der Waals surface area contributed by atoms with E-state index in [4.69, 9.17) is 0 Å². The number of aryl methyl sites for hydroxylation is 1. The number of thioether (sulfide) groups is 1. The number of nitrogens with zero attached hydrogens (tertiary/aromatic N) is 3. The first-order valence-electron chi connectivity index (χ1n) is 8.46. The van der Waals surface area contributed by atoms with Gasteiger partial charge >= 0.3 is 0 Å². The molecule has 0 aromatic heterocycles. The summed E-state index contributed by atoms with van der Waals surface area (Å²) in [6.45, 7) is 2.11. The lowest BCUT2D eigenvalue weighted by Gasteiger charge is -2.06. The summed E-state index contributed by atoms with van der Waals surface area (Å²) in [6.07, 6.45) is 3.11. The van der Waals surface area contributed by atoms with Crippen LogP contribution in [0, 0.1) is 10.1 Å². The van der Waals surface area contributed by atoms with Crippen LogP contribution in [0.1, 0.15) is 23.6 Å². The average molecular weight is 382 g/mol. The lowest BCUT2D eigenvalue weighted by Crippen LogP contribution is -2.25. The van der Waals surface area contributed by atoms with E-state index in [9.17, 15) is 14.9 Å². The third-order valence-electron chi connectivity index (χ3n) is 4.09. The first-order valence-corrected chi connectivity index (χ1v) is 9.34. The maximum Gasteiger partial charge on any atom is 0.269 e. The molecule has 0 spiro atoms. The van der Waals surface area contributed by atoms with Gasteiger partial charge in [-0.3, -0.25) is 14.9 Å². The fraction of sp³-hybridized carbons (Fsp3) is 0.211. The summed E-state index contributed by atoms with van der Waals surface area (Å²) in [7, 11) is 0. The number of benzene rings is 2. The zero-order valence-corrected chi connectivity index (χ0v) is 15.5. The van der Waals surface area contributed by atoms with Gasteiger partial charge in [-0.2, -0.15) is 5.10 Å². The third-order valence-corrected chi connectivity index (χ3v) is 5.16. The average Bonchev–Trinajstić information content (AvgIpc) is 3.02. The van der Waals surface area contributed by atoms with E-state index in [2.05, 4.69) is 46.7 Å². The van der Waals surface area contributed by atoms with Gasteiger partial charge in [0, 0.05) is 12.1 Å². The van der Waals surface area contributed by atoms with Gasteiger partial charge in [0.2, 0.25) is 5.91 Å². The number of nitro benzene ring substituents is 1. The summed E-state index contributed by atoms with van der Waals surface area (Å²) in [5.41, 5.74) is 3.08. The lowest BCUT2D eigenvalue weighted by molar-refractivity contribution is -0.384. The van der Waals surface area contributed by atoms with Crippen LogP contribution in [0.15, 0.2) is 58.7 Å². The molecule has 1 fully saturated rings. The van der Waals surface area contributed by atoms with E-state index in [0.717, 1.165) is 12.0 Å². The first-order chi connectivity index (χ1) is 13.0. The van der Waals surface area contributed by atoms with Crippen molar-refractivity contribution in [2.24, 2.45) is 10.2 Å². The third kappa shape index (κ3) is 5.01. The molecule has 0 bridgehead atoms. The molecule has 8 heteroatoms. The van der Waals surface area contributed by atoms with Crippen molar-refractivity contribution in [3.8, 4) is 0 Å². The first kappa shape index (κ1) is 18.8. The van der Waals surface area contributed by atoms with Gasteiger partial charge in [0.15, 0.2) is 5.17 Å². The van der Waals surface area contributed by atoms with Crippen LogP contribution in [0.4, 0.5) is 5.69 Å². The van der Waals surface area contributed by atoms with Gasteiger partial charge in [-0.1, -0.05) is 43.0 Å². The molecular formula is C19H18N4O3S. The van der Waals surface area contributed by atoms with E-state index in [0.29, 0.717) is 17.2 Å². The van der Waals surface area contributed by atoms with Crippen molar-refractivity contribution in [2.45, 2.75) is 25.0 Å². The topological polar surface area (TPSA) is 97.0 Å². The van der Waals surface area contributed by atoms with Crippen LogP contribution in [-0.4, -0.2) is 27.5 Å². The molecule has 0 saturated carbocycles. The van der Waals surface area contributed by atoms with Gasteiger partial charge < -0.3 is 5.32 Å². The number of rotatable bonds is 6. The number of non-ortho nitro benzene ring substituents is 1. The minimum absolute atomic E-state index is 0.0203. The van der Waals surface area contributed by atoms with Crippen molar-refractivity contribution in [2.75, 3.05) is 0 Å². The Labute approximate surface area is 160 Å². The van der Waals surface area contributed by atoms with E-state index in [-0.39, 0.29) is 16.8 Å². The van der Waals surface area contributed by atoms with Gasteiger partial charge in [-0.25, -0.2) is 0 Å².